The average Bonchev–Trinajstić information content (AvgIpc) is 2.98. The molecule has 5 aliphatic rings. The van der Waals surface area contributed by atoms with E-state index >= 15 is 0 Å². The predicted molar refractivity (Wildman–Crippen MR) is 93.8 cm³/mol. The predicted octanol–water partition coefficient (Wildman–Crippen LogP) is -1.83. The number of ketones is 1. The largest absolute Gasteiger partial charge is 0.460 e. The van der Waals surface area contributed by atoms with Gasteiger partial charge in [-0.25, -0.2) is 4.79 Å². The van der Waals surface area contributed by atoms with E-state index in [0.717, 1.165) is 0 Å². The fraction of sp³-hybridized carbons (Fsp3) is 0.700. The summed E-state index contributed by atoms with van der Waals surface area (Å²) >= 11 is 0. The zero-order chi connectivity index (χ0) is 21.3. The molecule has 0 aromatic heterocycles. The lowest BCUT2D eigenvalue weighted by molar-refractivity contribution is -0.337. The van der Waals surface area contributed by atoms with Gasteiger partial charge in [0.25, 0.3) is 0 Å². The topological polar surface area (TPSA) is 154 Å². The minimum absolute atomic E-state index is 0.142. The van der Waals surface area contributed by atoms with Crippen LogP contribution in [0.25, 0.3) is 0 Å². The standard InChI is InChI=1S/C20H24O9/c1-7-4-10(21)13(23)17(3)9(7)5-11-18-6-28-20(27,16(17)18)12(22)8(2)19(18,26)14(24)15(25)29-11/h4,9,11-14,16,22-24,26-27H,2,5-6H2,1,3H3/t9-,11+,12+,13+,14-,16?,17+,18+,19-,20+/m0/s1. The van der Waals surface area contributed by atoms with Crippen molar-refractivity contribution in [2.24, 2.45) is 22.7 Å². The second-order valence-electron chi connectivity index (χ2n) is 9.38. The normalized spacial score (nSPS) is 58.3. The van der Waals surface area contributed by atoms with Crippen LogP contribution in [0.3, 0.4) is 0 Å². The van der Waals surface area contributed by atoms with Crippen molar-refractivity contribution in [3.8, 4) is 0 Å². The number of carbonyl (C=O) groups is 2. The molecule has 3 aliphatic carbocycles. The Morgan fingerprint density at radius 1 is 1.14 bits per heavy atom. The third-order valence-corrected chi connectivity index (χ3v) is 8.44. The van der Waals surface area contributed by atoms with Crippen LogP contribution in [0, 0.1) is 22.7 Å². The van der Waals surface area contributed by atoms with Gasteiger partial charge in [-0.15, -0.1) is 0 Å². The molecule has 2 saturated heterocycles. The molecule has 5 rings (SSSR count). The first kappa shape index (κ1) is 19.3. The number of carbonyl (C=O) groups excluding carboxylic acids is 2. The van der Waals surface area contributed by atoms with Gasteiger partial charge in [-0.2, -0.15) is 0 Å². The summed E-state index contributed by atoms with van der Waals surface area (Å²) in [7, 11) is 0. The van der Waals surface area contributed by atoms with Gasteiger partial charge in [0.1, 0.15) is 23.9 Å². The average molecular weight is 408 g/mol. The molecule has 29 heavy (non-hydrogen) atoms. The first-order valence-electron chi connectivity index (χ1n) is 9.63. The summed E-state index contributed by atoms with van der Waals surface area (Å²) in [5, 5.41) is 55.7. The van der Waals surface area contributed by atoms with Gasteiger partial charge in [0, 0.05) is 11.3 Å². The fourth-order valence-corrected chi connectivity index (χ4v) is 7.19. The van der Waals surface area contributed by atoms with Crippen molar-refractivity contribution in [1.29, 1.82) is 0 Å². The smallest absolute Gasteiger partial charge is 0.338 e. The van der Waals surface area contributed by atoms with Crippen LogP contribution in [0.4, 0.5) is 0 Å². The Labute approximate surface area is 166 Å². The molecule has 10 atom stereocenters. The van der Waals surface area contributed by atoms with E-state index in [1.807, 2.05) is 0 Å². The SMILES string of the molecule is C=C1[C@@H](O)[C@@]2(O)OC[C@]34C2[C@@]2(C)[C@H](O)C(=O)C=C(C)[C@@H]2C[C@H]3OC(=O)[C@H](O)[C@@]14O. The number of aliphatic hydroxyl groups excluding tert-OH is 3. The number of fused-ring (bicyclic) bond motifs is 1. The van der Waals surface area contributed by atoms with Crippen LogP contribution in [0.1, 0.15) is 20.3 Å². The number of rotatable bonds is 0. The first-order chi connectivity index (χ1) is 13.4. The molecule has 5 N–H and O–H groups in total. The van der Waals surface area contributed by atoms with E-state index in [1.54, 1.807) is 13.8 Å². The number of ether oxygens (including phenoxy) is 2. The highest BCUT2D eigenvalue weighted by atomic mass is 16.7. The Bertz CT molecular complexity index is 896. The molecular weight excluding hydrogens is 384 g/mol. The van der Waals surface area contributed by atoms with Crippen LogP contribution in [0.5, 0.6) is 0 Å². The molecule has 2 heterocycles. The van der Waals surface area contributed by atoms with Gasteiger partial charge in [0.05, 0.1) is 12.0 Å². The number of allylic oxidation sites excluding steroid dienone is 1. The minimum Gasteiger partial charge on any atom is -0.460 e. The molecule has 9 nitrogen and oxygen atoms in total. The van der Waals surface area contributed by atoms with Crippen molar-refractivity contribution in [3.05, 3.63) is 23.8 Å². The van der Waals surface area contributed by atoms with Gasteiger partial charge in [0.15, 0.2) is 11.9 Å². The van der Waals surface area contributed by atoms with E-state index in [4.69, 9.17) is 9.47 Å². The molecule has 2 aliphatic heterocycles. The summed E-state index contributed by atoms with van der Waals surface area (Å²) in [6, 6.07) is 0. The van der Waals surface area contributed by atoms with Gasteiger partial charge in [0.2, 0.25) is 5.79 Å². The second-order valence-corrected chi connectivity index (χ2v) is 9.38. The van der Waals surface area contributed by atoms with E-state index in [-0.39, 0.29) is 18.6 Å². The fourth-order valence-electron chi connectivity index (χ4n) is 7.19. The quantitative estimate of drug-likeness (QED) is 0.230. The second kappa shape index (κ2) is 5.16. The lowest BCUT2D eigenvalue weighted by Gasteiger charge is -2.69. The van der Waals surface area contributed by atoms with Crippen LogP contribution in [-0.4, -0.2) is 79.7 Å². The monoisotopic (exact) mass is 408 g/mol. The van der Waals surface area contributed by atoms with Gasteiger partial charge >= 0.3 is 5.97 Å². The molecular formula is C20H24O9. The highest BCUT2D eigenvalue weighted by molar-refractivity contribution is 5.96. The van der Waals surface area contributed by atoms with Crippen LogP contribution in [0.2, 0.25) is 0 Å². The summed E-state index contributed by atoms with van der Waals surface area (Å²) in [5.41, 5.74) is -5.06. The van der Waals surface area contributed by atoms with Gasteiger partial charge in [-0.1, -0.05) is 19.1 Å². The Morgan fingerprint density at radius 2 is 1.79 bits per heavy atom. The lowest BCUT2D eigenvalue weighted by Crippen LogP contribution is -2.82. The number of hydrogen-bond acceptors (Lipinski definition) is 9. The minimum atomic E-state index is -2.37. The first-order valence-corrected chi connectivity index (χ1v) is 9.63. The Morgan fingerprint density at radius 3 is 2.45 bits per heavy atom. The van der Waals surface area contributed by atoms with E-state index in [9.17, 15) is 35.1 Å². The van der Waals surface area contributed by atoms with Crippen LogP contribution in [0.15, 0.2) is 23.8 Å². The van der Waals surface area contributed by atoms with Crippen LogP contribution in [-0.2, 0) is 19.1 Å². The van der Waals surface area contributed by atoms with Gasteiger partial charge in [-0.05, 0) is 30.9 Å². The van der Waals surface area contributed by atoms with Gasteiger partial charge in [-0.3, -0.25) is 4.79 Å². The molecule has 0 aromatic carbocycles. The Hall–Kier alpha value is -1.62. The molecule has 1 spiro atoms. The maximum absolute atomic E-state index is 12.5. The maximum atomic E-state index is 12.5. The Balaban J connectivity index is 1.85. The summed E-state index contributed by atoms with van der Waals surface area (Å²) < 4.78 is 11.1. The molecule has 1 unspecified atom stereocenters. The Kier molecular flexibility index (Phi) is 3.44. The molecule has 0 radical (unpaired) electrons. The highest BCUT2D eigenvalue weighted by Crippen LogP contribution is 2.74. The van der Waals surface area contributed by atoms with Crippen LogP contribution >= 0.6 is 0 Å². The van der Waals surface area contributed by atoms with E-state index < -0.39 is 70.2 Å². The number of hydrogen-bond donors (Lipinski definition) is 5. The van der Waals surface area contributed by atoms with Crippen molar-refractivity contribution in [2.75, 3.05) is 6.61 Å². The van der Waals surface area contributed by atoms with Crippen LogP contribution < -0.4 is 0 Å². The molecule has 158 valence electrons. The highest BCUT2D eigenvalue weighted by Gasteiger charge is 2.87. The molecule has 2 bridgehead atoms. The summed E-state index contributed by atoms with van der Waals surface area (Å²) in [4.78, 5) is 25.0. The van der Waals surface area contributed by atoms with Crippen molar-refractivity contribution < 1.29 is 44.6 Å². The molecule has 9 heteroatoms. The van der Waals surface area contributed by atoms with Crippen molar-refractivity contribution in [3.63, 3.8) is 0 Å². The number of esters is 1. The molecule has 0 amide bonds. The zero-order valence-corrected chi connectivity index (χ0v) is 16.0. The molecule has 4 fully saturated rings. The van der Waals surface area contributed by atoms with E-state index in [0.29, 0.717) is 5.57 Å². The zero-order valence-electron chi connectivity index (χ0n) is 16.0. The molecule has 2 saturated carbocycles. The summed E-state index contributed by atoms with van der Waals surface area (Å²) in [6.45, 7) is 6.62. The van der Waals surface area contributed by atoms with Crippen molar-refractivity contribution >= 4 is 11.8 Å². The number of aliphatic hydroxyl groups is 5. The summed E-state index contributed by atoms with van der Waals surface area (Å²) in [5.74, 6) is -5.66. The van der Waals surface area contributed by atoms with Crippen molar-refractivity contribution in [1.82, 2.24) is 0 Å². The van der Waals surface area contributed by atoms with E-state index in [2.05, 4.69) is 6.58 Å². The molecule has 0 aromatic rings. The van der Waals surface area contributed by atoms with Gasteiger partial charge < -0.3 is 35.0 Å². The van der Waals surface area contributed by atoms with Crippen molar-refractivity contribution in [2.45, 2.75) is 56.1 Å². The summed E-state index contributed by atoms with van der Waals surface area (Å²) in [6.07, 6.45) is -5.01. The van der Waals surface area contributed by atoms with E-state index in [1.165, 1.54) is 6.08 Å². The third kappa shape index (κ3) is 1.69. The third-order valence-electron chi connectivity index (χ3n) is 8.44. The maximum Gasteiger partial charge on any atom is 0.338 e. The lowest BCUT2D eigenvalue weighted by atomic mass is 9.37.